The third-order valence-electron chi connectivity index (χ3n) is 11.4. The zero-order chi connectivity index (χ0) is 36.4. The van der Waals surface area contributed by atoms with Gasteiger partial charge in [0.1, 0.15) is 0 Å². The summed E-state index contributed by atoms with van der Waals surface area (Å²) in [5.41, 5.74) is 16.2. The lowest BCUT2D eigenvalue weighted by Gasteiger charge is -2.17. The highest BCUT2D eigenvalue weighted by atomic mass is 15.0. The van der Waals surface area contributed by atoms with Crippen molar-refractivity contribution in [2.75, 3.05) is 0 Å². The van der Waals surface area contributed by atoms with Crippen LogP contribution in [-0.2, 0) is 19.3 Å². The Balaban J connectivity index is 1.07. The molecule has 7 aromatic rings. The van der Waals surface area contributed by atoms with Crippen LogP contribution in [0.3, 0.4) is 0 Å². The SMILES string of the molecule is C=C(/C=C(\N=C(CCC)c1ccc(-c2ccc(-n3c4c(c5c3CCCC5)CCC=C4)cc2)cc1)c1cccc2ccccc12)c1cccc2ccccc12. The van der Waals surface area contributed by atoms with Crippen LogP contribution < -0.4 is 0 Å². The average molecular weight is 699 g/mol. The van der Waals surface area contributed by atoms with Crippen LogP contribution in [0.25, 0.3) is 55.7 Å². The standard InChI is InChI=1S/C52H46N2/c1-3-14-49(53-50(46-24-13-18-40-16-5-7-20-45(40)46)35-36(2)43-23-12-17-39-15-4-6-19-44(39)43)41-29-27-37(28-30-41)38-31-33-42(34-32-38)54-51-25-10-8-21-47(51)48-22-9-11-26-52(48)54/h4-7,10,12-13,15-20,23-25,27-35H,2-3,8-9,11,14,21-22,26H2,1H3/b50-35-,53-49?. The third kappa shape index (κ3) is 6.37. The van der Waals surface area contributed by atoms with Crippen molar-refractivity contribution in [1.82, 2.24) is 4.57 Å². The van der Waals surface area contributed by atoms with Crippen molar-refractivity contribution < 1.29 is 0 Å². The van der Waals surface area contributed by atoms with Gasteiger partial charge in [-0.3, -0.25) is 4.99 Å². The van der Waals surface area contributed by atoms with Crippen LogP contribution in [0.15, 0.2) is 157 Å². The molecule has 6 aromatic carbocycles. The van der Waals surface area contributed by atoms with E-state index in [9.17, 15) is 0 Å². The van der Waals surface area contributed by atoms with Crippen LogP contribution in [0, 0.1) is 0 Å². The quantitative estimate of drug-likeness (QED) is 0.105. The van der Waals surface area contributed by atoms with Crippen molar-refractivity contribution in [1.29, 1.82) is 0 Å². The molecule has 264 valence electrons. The molecule has 0 aliphatic heterocycles. The van der Waals surface area contributed by atoms with E-state index >= 15 is 0 Å². The molecule has 1 aromatic heterocycles. The summed E-state index contributed by atoms with van der Waals surface area (Å²) in [5, 5.41) is 4.80. The van der Waals surface area contributed by atoms with Crippen molar-refractivity contribution in [3.8, 4) is 16.8 Å². The first kappa shape index (κ1) is 33.8. The van der Waals surface area contributed by atoms with Crippen LogP contribution in [0.2, 0.25) is 0 Å². The molecule has 1 heterocycles. The minimum atomic E-state index is 0.872. The summed E-state index contributed by atoms with van der Waals surface area (Å²) in [6.45, 7) is 6.84. The summed E-state index contributed by atoms with van der Waals surface area (Å²) in [4.78, 5) is 5.52. The van der Waals surface area contributed by atoms with Gasteiger partial charge in [0.05, 0.1) is 5.70 Å². The first-order valence-corrected chi connectivity index (χ1v) is 19.7. The van der Waals surface area contributed by atoms with Gasteiger partial charge in [-0.15, -0.1) is 0 Å². The van der Waals surface area contributed by atoms with Crippen molar-refractivity contribution in [2.45, 2.75) is 58.3 Å². The molecular formula is C52H46N2. The molecule has 2 aliphatic carbocycles. The summed E-state index contributed by atoms with van der Waals surface area (Å²) in [6.07, 6.45) is 16.1. The summed E-state index contributed by atoms with van der Waals surface area (Å²) in [7, 11) is 0. The van der Waals surface area contributed by atoms with Crippen molar-refractivity contribution in [3.63, 3.8) is 0 Å². The highest BCUT2D eigenvalue weighted by Gasteiger charge is 2.25. The third-order valence-corrected chi connectivity index (χ3v) is 11.4. The van der Waals surface area contributed by atoms with E-state index in [0.717, 1.165) is 52.9 Å². The van der Waals surface area contributed by atoms with E-state index in [1.165, 1.54) is 81.9 Å². The van der Waals surface area contributed by atoms with E-state index < -0.39 is 0 Å². The number of benzene rings is 6. The molecule has 2 nitrogen and oxygen atoms in total. The molecule has 0 spiro atoms. The number of aromatic nitrogens is 1. The Morgan fingerprint density at radius 3 is 2.02 bits per heavy atom. The highest BCUT2D eigenvalue weighted by molar-refractivity contribution is 6.07. The summed E-state index contributed by atoms with van der Waals surface area (Å²) in [6, 6.07) is 48.3. The van der Waals surface area contributed by atoms with Crippen molar-refractivity contribution in [2.24, 2.45) is 4.99 Å². The molecule has 0 atom stereocenters. The molecule has 0 fully saturated rings. The van der Waals surface area contributed by atoms with Crippen LogP contribution in [0.4, 0.5) is 0 Å². The van der Waals surface area contributed by atoms with Gasteiger partial charge in [0.25, 0.3) is 0 Å². The molecule has 0 amide bonds. The number of aliphatic imine (C=N–C) groups is 1. The monoisotopic (exact) mass is 698 g/mol. The second-order valence-corrected chi connectivity index (χ2v) is 14.8. The van der Waals surface area contributed by atoms with Gasteiger partial charge in [-0.2, -0.15) is 0 Å². The fraction of sp³-hybridized carbons (Fsp3) is 0.173. The maximum Gasteiger partial charge on any atom is 0.0717 e. The first-order chi connectivity index (χ1) is 26.7. The van der Waals surface area contributed by atoms with E-state index in [-0.39, 0.29) is 0 Å². The second-order valence-electron chi connectivity index (χ2n) is 14.8. The van der Waals surface area contributed by atoms with E-state index in [0.29, 0.717) is 0 Å². The molecule has 2 aliphatic rings. The molecule has 2 heteroatoms. The minimum Gasteiger partial charge on any atom is -0.314 e. The lowest BCUT2D eigenvalue weighted by molar-refractivity contribution is 0.660. The van der Waals surface area contributed by atoms with Gasteiger partial charge in [0.15, 0.2) is 0 Å². The molecule has 0 unspecified atom stereocenters. The molecule has 54 heavy (non-hydrogen) atoms. The maximum absolute atomic E-state index is 5.52. The van der Waals surface area contributed by atoms with Gasteiger partial charge in [-0.05, 0) is 130 Å². The first-order valence-electron chi connectivity index (χ1n) is 19.7. The van der Waals surface area contributed by atoms with Gasteiger partial charge in [-0.25, -0.2) is 0 Å². The smallest absolute Gasteiger partial charge is 0.0717 e. The molecule has 0 N–H and O–H groups in total. The average Bonchev–Trinajstić information content (AvgIpc) is 3.57. The Bertz CT molecular complexity index is 2600. The number of fused-ring (bicyclic) bond motifs is 5. The number of hydrogen-bond donors (Lipinski definition) is 0. The molecule has 9 rings (SSSR count). The second kappa shape index (κ2) is 14.8. The fourth-order valence-electron chi connectivity index (χ4n) is 8.74. The van der Waals surface area contributed by atoms with Crippen LogP contribution in [0.5, 0.6) is 0 Å². The predicted molar refractivity (Wildman–Crippen MR) is 232 cm³/mol. The van der Waals surface area contributed by atoms with Gasteiger partial charge in [0, 0.05) is 28.4 Å². The summed E-state index contributed by atoms with van der Waals surface area (Å²) >= 11 is 0. The Kier molecular flexibility index (Phi) is 9.27. The van der Waals surface area contributed by atoms with E-state index in [4.69, 9.17) is 4.99 Å². The molecule has 0 bridgehead atoms. The van der Waals surface area contributed by atoms with E-state index in [1.807, 2.05) is 0 Å². The van der Waals surface area contributed by atoms with Gasteiger partial charge >= 0.3 is 0 Å². The molecule has 0 saturated carbocycles. The molecule has 0 radical (unpaired) electrons. The molecule has 0 saturated heterocycles. The Morgan fingerprint density at radius 1 is 0.667 bits per heavy atom. The number of hydrogen-bond acceptors (Lipinski definition) is 1. The topological polar surface area (TPSA) is 17.3 Å². The van der Waals surface area contributed by atoms with Gasteiger partial charge in [-0.1, -0.05) is 147 Å². The Labute approximate surface area is 319 Å². The van der Waals surface area contributed by atoms with Crippen LogP contribution in [-0.4, -0.2) is 10.3 Å². The normalized spacial score (nSPS) is 14.3. The minimum absolute atomic E-state index is 0.872. The van der Waals surface area contributed by atoms with E-state index in [1.54, 1.807) is 11.1 Å². The Morgan fingerprint density at radius 2 is 1.30 bits per heavy atom. The summed E-state index contributed by atoms with van der Waals surface area (Å²) in [5.74, 6) is 0. The van der Waals surface area contributed by atoms with Crippen LogP contribution >= 0.6 is 0 Å². The zero-order valence-electron chi connectivity index (χ0n) is 31.2. The highest BCUT2D eigenvalue weighted by Crippen LogP contribution is 2.37. The maximum atomic E-state index is 5.52. The van der Waals surface area contributed by atoms with Gasteiger partial charge in [0.2, 0.25) is 0 Å². The molecular weight excluding hydrogens is 653 g/mol. The Hall–Kier alpha value is -5.99. The fourth-order valence-corrected chi connectivity index (χ4v) is 8.74. The predicted octanol–water partition coefficient (Wildman–Crippen LogP) is 13.6. The largest absolute Gasteiger partial charge is 0.314 e. The number of nitrogens with zero attached hydrogens (tertiary/aromatic N) is 2. The van der Waals surface area contributed by atoms with Gasteiger partial charge < -0.3 is 4.57 Å². The number of rotatable bonds is 9. The zero-order valence-corrected chi connectivity index (χ0v) is 31.2. The van der Waals surface area contributed by atoms with E-state index in [2.05, 4.69) is 170 Å². The summed E-state index contributed by atoms with van der Waals surface area (Å²) < 4.78 is 2.55. The van der Waals surface area contributed by atoms with Crippen LogP contribution in [0.1, 0.15) is 78.2 Å². The van der Waals surface area contributed by atoms with Crippen molar-refractivity contribution >= 4 is 44.6 Å². The lowest BCUT2D eigenvalue weighted by atomic mass is 9.91. The van der Waals surface area contributed by atoms with Crippen molar-refractivity contribution in [3.05, 3.63) is 191 Å². The lowest BCUT2D eigenvalue weighted by Crippen LogP contribution is -2.07. The number of allylic oxidation sites excluding steroid dienone is 3.